The van der Waals surface area contributed by atoms with E-state index in [-0.39, 0.29) is 5.91 Å². The number of anilines is 1. The number of amides is 1. The first-order valence-electron chi connectivity index (χ1n) is 5.80. The summed E-state index contributed by atoms with van der Waals surface area (Å²) in [5.41, 5.74) is 0.897. The van der Waals surface area contributed by atoms with Crippen LogP contribution in [0.25, 0.3) is 0 Å². The van der Waals surface area contributed by atoms with E-state index in [2.05, 4.69) is 12.2 Å². The molecule has 0 aliphatic rings. The normalized spacial score (nSPS) is 9.82. The van der Waals surface area contributed by atoms with E-state index in [1.807, 2.05) is 24.3 Å². The zero-order valence-corrected chi connectivity index (χ0v) is 10.7. The molecule has 0 atom stereocenters. The maximum Gasteiger partial charge on any atom is 0.241 e. The molecule has 0 heterocycles. The Kier molecular flexibility index (Phi) is 5.33. The largest absolute Gasteiger partial charge is 0.494 e. The number of hydrogen-bond donors (Lipinski definition) is 1. The van der Waals surface area contributed by atoms with Gasteiger partial charge in [-0.25, -0.2) is 0 Å². The summed E-state index contributed by atoms with van der Waals surface area (Å²) in [6.45, 7) is 3.07. The summed E-state index contributed by atoms with van der Waals surface area (Å²) in [6, 6.07) is 7.64. The first-order valence-corrected chi connectivity index (χ1v) is 5.80. The van der Waals surface area contributed by atoms with Crippen molar-refractivity contribution in [2.75, 3.05) is 32.6 Å². The fraction of sp³-hybridized carbons (Fsp3) is 0.462. The Morgan fingerprint density at radius 1 is 1.41 bits per heavy atom. The van der Waals surface area contributed by atoms with Crippen LogP contribution in [0.4, 0.5) is 5.69 Å². The van der Waals surface area contributed by atoms with Gasteiger partial charge >= 0.3 is 0 Å². The smallest absolute Gasteiger partial charge is 0.241 e. The molecule has 0 fully saturated rings. The SMILES string of the molecule is CCCOc1cccc(NCC(=O)N(C)C)c1. The van der Waals surface area contributed by atoms with Gasteiger partial charge in [0, 0.05) is 25.8 Å². The summed E-state index contributed by atoms with van der Waals surface area (Å²) in [4.78, 5) is 13.0. The van der Waals surface area contributed by atoms with Crippen molar-refractivity contribution in [3.8, 4) is 5.75 Å². The van der Waals surface area contributed by atoms with Crippen molar-refractivity contribution < 1.29 is 9.53 Å². The molecule has 94 valence electrons. The highest BCUT2D eigenvalue weighted by Crippen LogP contribution is 2.17. The van der Waals surface area contributed by atoms with E-state index in [1.165, 1.54) is 0 Å². The fourth-order valence-corrected chi connectivity index (χ4v) is 1.25. The quantitative estimate of drug-likeness (QED) is 0.821. The maximum absolute atomic E-state index is 11.4. The fourth-order valence-electron chi connectivity index (χ4n) is 1.25. The first-order chi connectivity index (χ1) is 8.13. The third kappa shape index (κ3) is 4.76. The summed E-state index contributed by atoms with van der Waals surface area (Å²) >= 11 is 0. The summed E-state index contributed by atoms with van der Waals surface area (Å²) in [6.07, 6.45) is 0.983. The first kappa shape index (κ1) is 13.4. The molecule has 1 N–H and O–H groups in total. The van der Waals surface area contributed by atoms with Crippen molar-refractivity contribution in [3.63, 3.8) is 0 Å². The Morgan fingerprint density at radius 2 is 2.18 bits per heavy atom. The zero-order valence-electron chi connectivity index (χ0n) is 10.7. The summed E-state index contributed by atoms with van der Waals surface area (Å²) in [5, 5.41) is 3.07. The lowest BCUT2D eigenvalue weighted by atomic mass is 10.3. The number of carbonyl (C=O) groups excluding carboxylic acids is 1. The minimum Gasteiger partial charge on any atom is -0.494 e. The minimum atomic E-state index is 0.0462. The summed E-state index contributed by atoms with van der Waals surface area (Å²) < 4.78 is 5.51. The van der Waals surface area contributed by atoms with Crippen molar-refractivity contribution in [1.29, 1.82) is 0 Å². The van der Waals surface area contributed by atoms with Crippen LogP contribution in [0, 0.1) is 0 Å². The van der Waals surface area contributed by atoms with E-state index in [0.717, 1.165) is 17.9 Å². The second-order valence-electron chi connectivity index (χ2n) is 4.02. The second-order valence-corrected chi connectivity index (χ2v) is 4.02. The van der Waals surface area contributed by atoms with Crippen LogP contribution in [0.2, 0.25) is 0 Å². The Balaban J connectivity index is 2.51. The second kappa shape index (κ2) is 6.78. The lowest BCUT2D eigenvalue weighted by Crippen LogP contribution is -2.28. The van der Waals surface area contributed by atoms with Crippen LogP contribution in [-0.4, -0.2) is 38.1 Å². The number of hydrogen-bond acceptors (Lipinski definition) is 3. The number of carbonyl (C=O) groups is 1. The molecule has 17 heavy (non-hydrogen) atoms. The van der Waals surface area contributed by atoms with Gasteiger partial charge in [0.15, 0.2) is 0 Å². The van der Waals surface area contributed by atoms with Crippen molar-refractivity contribution >= 4 is 11.6 Å². The van der Waals surface area contributed by atoms with Gasteiger partial charge in [0.1, 0.15) is 5.75 Å². The minimum absolute atomic E-state index is 0.0462. The highest BCUT2D eigenvalue weighted by Gasteiger charge is 2.03. The highest BCUT2D eigenvalue weighted by atomic mass is 16.5. The van der Waals surface area contributed by atoms with Gasteiger partial charge in [0.2, 0.25) is 5.91 Å². The van der Waals surface area contributed by atoms with E-state index >= 15 is 0 Å². The topological polar surface area (TPSA) is 41.6 Å². The molecule has 0 aromatic heterocycles. The molecular weight excluding hydrogens is 216 g/mol. The monoisotopic (exact) mass is 236 g/mol. The van der Waals surface area contributed by atoms with Crippen molar-refractivity contribution in [2.45, 2.75) is 13.3 Å². The number of benzene rings is 1. The van der Waals surface area contributed by atoms with Gasteiger partial charge in [0.05, 0.1) is 13.2 Å². The van der Waals surface area contributed by atoms with Crippen LogP contribution in [0.1, 0.15) is 13.3 Å². The predicted octanol–water partition coefficient (Wildman–Crippen LogP) is 1.98. The van der Waals surface area contributed by atoms with Crippen LogP contribution in [-0.2, 0) is 4.79 Å². The van der Waals surface area contributed by atoms with Crippen molar-refractivity contribution in [2.24, 2.45) is 0 Å². The number of likely N-dealkylation sites (N-methyl/N-ethyl adjacent to an activating group) is 1. The Labute approximate surface area is 103 Å². The molecule has 4 heteroatoms. The Morgan fingerprint density at radius 3 is 2.82 bits per heavy atom. The van der Waals surface area contributed by atoms with Gasteiger partial charge < -0.3 is 15.0 Å². The predicted molar refractivity (Wildman–Crippen MR) is 69.4 cm³/mol. The molecule has 1 aromatic carbocycles. The van der Waals surface area contributed by atoms with Gasteiger partial charge in [-0.15, -0.1) is 0 Å². The molecule has 0 aliphatic heterocycles. The molecule has 0 saturated carbocycles. The Bertz CT molecular complexity index is 364. The van der Waals surface area contributed by atoms with Gasteiger partial charge in [0.25, 0.3) is 0 Å². The highest BCUT2D eigenvalue weighted by molar-refractivity contribution is 5.80. The molecule has 0 unspecified atom stereocenters. The Hall–Kier alpha value is -1.71. The van der Waals surface area contributed by atoms with E-state index in [1.54, 1.807) is 19.0 Å². The van der Waals surface area contributed by atoms with Crippen LogP contribution >= 0.6 is 0 Å². The van der Waals surface area contributed by atoms with E-state index in [4.69, 9.17) is 4.74 Å². The van der Waals surface area contributed by atoms with Gasteiger partial charge in [-0.3, -0.25) is 4.79 Å². The van der Waals surface area contributed by atoms with Crippen molar-refractivity contribution in [3.05, 3.63) is 24.3 Å². The third-order valence-electron chi connectivity index (χ3n) is 2.25. The average Bonchev–Trinajstić information content (AvgIpc) is 2.33. The number of nitrogens with one attached hydrogen (secondary N) is 1. The molecule has 0 spiro atoms. The molecule has 0 bridgehead atoms. The molecule has 4 nitrogen and oxygen atoms in total. The molecule has 1 rings (SSSR count). The lowest BCUT2D eigenvalue weighted by molar-refractivity contribution is -0.126. The number of ether oxygens (including phenoxy) is 1. The zero-order chi connectivity index (χ0) is 12.7. The molecule has 1 aromatic rings. The van der Waals surface area contributed by atoms with Gasteiger partial charge in [-0.05, 0) is 18.6 Å². The molecule has 0 aliphatic carbocycles. The number of nitrogens with zero attached hydrogens (tertiary/aromatic N) is 1. The standard InChI is InChI=1S/C13H20N2O2/c1-4-8-17-12-7-5-6-11(9-12)14-10-13(16)15(2)3/h5-7,9,14H,4,8,10H2,1-3H3. The average molecular weight is 236 g/mol. The van der Waals surface area contributed by atoms with Crippen molar-refractivity contribution in [1.82, 2.24) is 4.90 Å². The molecule has 0 saturated heterocycles. The van der Waals surface area contributed by atoms with E-state index in [0.29, 0.717) is 13.2 Å². The van der Waals surface area contributed by atoms with Gasteiger partial charge in [-0.1, -0.05) is 13.0 Å². The summed E-state index contributed by atoms with van der Waals surface area (Å²) in [7, 11) is 3.48. The summed E-state index contributed by atoms with van der Waals surface area (Å²) in [5.74, 6) is 0.874. The molecule has 0 radical (unpaired) electrons. The van der Waals surface area contributed by atoms with Crippen LogP contribution in [0.3, 0.4) is 0 Å². The molecular formula is C13H20N2O2. The van der Waals surface area contributed by atoms with Crippen LogP contribution < -0.4 is 10.1 Å². The van der Waals surface area contributed by atoms with Crippen LogP contribution in [0.15, 0.2) is 24.3 Å². The number of rotatable bonds is 6. The van der Waals surface area contributed by atoms with E-state index in [9.17, 15) is 4.79 Å². The lowest BCUT2D eigenvalue weighted by Gasteiger charge is -2.12. The van der Waals surface area contributed by atoms with Crippen LogP contribution in [0.5, 0.6) is 5.75 Å². The third-order valence-corrected chi connectivity index (χ3v) is 2.25. The maximum atomic E-state index is 11.4. The molecule has 1 amide bonds. The van der Waals surface area contributed by atoms with E-state index < -0.39 is 0 Å². The van der Waals surface area contributed by atoms with Gasteiger partial charge in [-0.2, -0.15) is 0 Å².